The predicted molar refractivity (Wildman–Crippen MR) is 44.0 cm³/mol. The molecule has 72 valence electrons. The maximum atomic E-state index is 9.74. The zero-order chi connectivity index (χ0) is 9.68. The van der Waals surface area contributed by atoms with Gasteiger partial charge in [0.15, 0.2) is 6.54 Å². The van der Waals surface area contributed by atoms with Gasteiger partial charge in [0.2, 0.25) is 5.27 Å². The highest BCUT2D eigenvalue weighted by Crippen LogP contribution is 2.06. The van der Waals surface area contributed by atoms with Gasteiger partial charge in [-0.25, -0.2) is 5.28 Å². The maximum absolute atomic E-state index is 9.74. The van der Waals surface area contributed by atoms with Crippen LogP contribution in [0.1, 0.15) is 20.3 Å². The molecule has 0 spiro atoms. The second-order valence-electron chi connectivity index (χ2n) is 3.17. The summed E-state index contributed by atoms with van der Waals surface area (Å²) in [5.41, 5.74) is 0. The van der Waals surface area contributed by atoms with Crippen molar-refractivity contribution in [3.8, 4) is 0 Å². The molecule has 6 nitrogen and oxygen atoms in total. The molecule has 13 heavy (non-hydrogen) atoms. The summed E-state index contributed by atoms with van der Waals surface area (Å²) in [5, 5.41) is 18.9. The highest BCUT2D eigenvalue weighted by Gasteiger charge is 2.10. The molecule has 1 aromatic heterocycles. The van der Waals surface area contributed by atoms with E-state index in [2.05, 4.69) is 34.0 Å². The number of hydrogen-bond acceptors (Lipinski definition) is 5. The van der Waals surface area contributed by atoms with Gasteiger partial charge in [0.1, 0.15) is 0 Å². The fraction of sp³-hybridized carbons (Fsp3) is 0.714. The third-order valence-electron chi connectivity index (χ3n) is 1.57. The Morgan fingerprint density at radius 2 is 2.46 bits per heavy atom. The van der Waals surface area contributed by atoms with E-state index in [0.717, 1.165) is 13.0 Å². The zero-order valence-electron chi connectivity index (χ0n) is 7.67. The van der Waals surface area contributed by atoms with Crippen LogP contribution in [-0.2, 0) is 6.54 Å². The molecule has 6 heteroatoms. The first-order chi connectivity index (χ1) is 6.22. The molecule has 0 aliphatic heterocycles. The number of hydrogen-bond donors (Lipinski definition) is 0. The fourth-order valence-electron chi connectivity index (χ4n) is 0.849. The lowest BCUT2D eigenvalue weighted by molar-refractivity contribution is -0.763. The number of rotatable bonds is 4. The van der Waals surface area contributed by atoms with E-state index in [4.69, 9.17) is 0 Å². The Balaban J connectivity index is 2.49. The van der Waals surface area contributed by atoms with Gasteiger partial charge in [-0.1, -0.05) is 18.5 Å². The molecule has 1 rings (SSSR count). The van der Waals surface area contributed by atoms with Crippen LogP contribution in [-0.4, -0.2) is 5.27 Å². The van der Waals surface area contributed by atoms with Crippen LogP contribution in [0.3, 0.4) is 0 Å². The lowest BCUT2D eigenvalue weighted by Gasteiger charge is -1.95. The van der Waals surface area contributed by atoms with Crippen LogP contribution in [0.15, 0.2) is 21.1 Å². The smallest absolute Gasteiger partial charge is 0.339 e. The standard InChI is InChI=1S/C7H12N4O2/c1-6(2)3-4-11-5-7(8-9-12)13-10-11/h5-6H,3-4H2,1-2H3. The minimum atomic E-state index is 0.138. The summed E-state index contributed by atoms with van der Waals surface area (Å²) < 4.78 is 6.29. The molecular weight excluding hydrogens is 172 g/mol. The molecule has 1 aromatic rings. The lowest BCUT2D eigenvalue weighted by Crippen LogP contribution is -2.35. The van der Waals surface area contributed by atoms with E-state index in [1.165, 1.54) is 0 Å². The van der Waals surface area contributed by atoms with E-state index in [1.807, 2.05) is 0 Å². The van der Waals surface area contributed by atoms with Crippen LogP contribution in [0.5, 0.6) is 0 Å². The zero-order valence-corrected chi connectivity index (χ0v) is 7.67. The number of aromatic nitrogens is 2. The third-order valence-corrected chi connectivity index (χ3v) is 1.57. The Kier molecular flexibility index (Phi) is 3.36. The molecule has 0 saturated heterocycles. The van der Waals surface area contributed by atoms with Crippen LogP contribution in [0.4, 0.5) is 5.88 Å². The summed E-state index contributed by atoms with van der Waals surface area (Å²) in [7, 11) is 0. The second kappa shape index (κ2) is 4.54. The number of aryl methyl sites for hydroxylation is 1. The molecule has 0 aromatic carbocycles. The van der Waals surface area contributed by atoms with Gasteiger partial charge in [0, 0.05) is 6.42 Å². The van der Waals surface area contributed by atoms with Gasteiger partial charge >= 0.3 is 5.88 Å². The molecule has 0 bridgehead atoms. The van der Waals surface area contributed by atoms with Crippen molar-refractivity contribution in [1.82, 2.24) is 5.27 Å². The predicted octanol–water partition coefficient (Wildman–Crippen LogP) is 1.59. The molecule has 0 aliphatic rings. The Bertz CT molecular complexity index is 282. The van der Waals surface area contributed by atoms with Gasteiger partial charge in [-0.3, -0.25) is 4.52 Å². The first-order valence-electron chi connectivity index (χ1n) is 4.12. The molecule has 0 fully saturated rings. The van der Waals surface area contributed by atoms with Crippen LogP contribution < -0.4 is 4.68 Å². The van der Waals surface area contributed by atoms with Gasteiger partial charge in [-0.05, 0) is 5.92 Å². The van der Waals surface area contributed by atoms with Gasteiger partial charge in [0.05, 0.1) is 0 Å². The van der Waals surface area contributed by atoms with Gasteiger partial charge in [-0.15, -0.1) is 5.11 Å². The van der Waals surface area contributed by atoms with Crippen LogP contribution in [0.2, 0.25) is 0 Å². The normalized spacial score (nSPS) is 11.6. The van der Waals surface area contributed by atoms with Crippen molar-refractivity contribution in [1.29, 1.82) is 0 Å². The van der Waals surface area contributed by atoms with Crippen molar-refractivity contribution in [2.45, 2.75) is 26.8 Å². The van der Waals surface area contributed by atoms with E-state index in [1.54, 1.807) is 10.9 Å². The minimum Gasteiger partial charge on any atom is -0.775 e. The second-order valence-corrected chi connectivity index (χ2v) is 3.17. The molecule has 0 saturated carbocycles. The highest BCUT2D eigenvalue weighted by atomic mass is 16.5. The van der Waals surface area contributed by atoms with Crippen molar-refractivity contribution in [3.05, 3.63) is 11.4 Å². The number of nitrogens with zero attached hydrogens (tertiary/aromatic N) is 4. The van der Waals surface area contributed by atoms with Crippen molar-refractivity contribution < 1.29 is 9.20 Å². The summed E-state index contributed by atoms with van der Waals surface area (Å²) in [6.07, 6.45) is 2.55. The monoisotopic (exact) mass is 184 g/mol. The highest BCUT2D eigenvalue weighted by molar-refractivity contribution is 5.09. The summed E-state index contributed by atoms with van der Waals surface area (Å²) in [6.45, 7) is 5.01. The Labute approximate surface area is 75.8 Å². The Morgan fingerprint density at radius 1 is 1.69 bits per heavy atom. The molecule has 0 atom stereocenters. The molecular formula is C7H12N4O2. The average Bonchev–Trinajstić information content (AvgIpc) is 2.50. The van der Waals surface area contributed by atoms with Crippen molar-refractivity contribution >= 4 is 5.88 Å². The lowest BCUT2D eigenvalue weighted by atomic mass is 10.1. The molecule has 1 heterocycles. The Morgan fingerprint density at radius 3 is 3.08 bits per heavy atom. The summed E-state index contributed by atoms with van der Waals surface area (Å²) in [6, 6.07) is 0. The van der Waals surface area contributed by atoms with Crippen molar-refractivity contribution in [2.24, 2.45) is 16.3 Å². The molecule has 0 N–H and O–H groups in total. The Hall–Kier alpha value is -1.46. The molecule has 0 aliphatic carbocycles. The first kappa shape index (κ1) is 9.63. The van der Waals surface area contributed by atoms with Crippen LogP contribution in [0, 0.1) is 11.1 Å². The van der Waals surface area contributed by atoms with E-state index >= 15 is 0 Å². The van der Waals surface area contributed by atoms with Gasteiger partial charge < -0.3 is 5.21 Å². The van der Waals surface area contributed by atoms with E-state index in [9.17, 15) is 5.21 Å². The van der Waals surface area contributed by atoms with E-state index in [-0.39, 0.29) is 5.88 Å². The first-order valence-corrected chi connectivity index (χ1v) is 4.12. The summed E-state index contributed by atoms with van der Waals surface area (Å²) in [4.78, 5) is 0. The van der Waals surface area contributed by atoms with Crippen LogP contribution >= 0.6 is 0 Å². The largest absolute Gasteiger partial charge is 0.775 e. The minimum absolute atomic E-state index is 0.138. The summed E-state index contributed by atoms with van der Waals surface area (Å²) in [5.74, 6) is 0.743. The SMILES string of the molecule is CC(C)CC[n+]1cc(/N=N/[O-])on1. The molecule has 0 amide bonds. The fourth-order valence-corrected chi connectivity index (χ4v) is 0.849. The van der Waals surface area contributed by atoms with Crippen molar-refractivity contribution in [3.63, 3.8) is 0 Å². The average molecular weight is 184 g/mol. The van der Waals surface area contributed by atoms with Crippen molar-refractivity contribution in [2.75, 3.05) is 0 Å². The van der Waals surface area contributed by atoms with Crippen LogP contribution in [0.25, 0.3) is 0 Å². The quantitative estimate of drug-likeness (QED) is 0.405. The van der Waals surface area contributed by atoms with E-state index < -0.39 is 0 Å². The maximum Gasteiger partial charge on any atom is 0.339 e. The summed E-state index contributed by atoms with van der Waals surface area (Å²) >= 11 is 0. The molecule has 0 radical (unpaired) electrons. The van der Waals surface area contributed by atoms with Gasteiger partial charge in [-0.2, -0.15) is 0 Å². The molecule has 0 unspecified atom stereocenters. The topological polar surface area (TPSA) is 77.7 Å². The van der Waals surface area contributed by atoms with Gasteiger partial charge in [0.25, 0.3) is 6.20 Å². The van der Waals surface area contributed by atoms with E-state index in [0.29, 0.717) is 5.92 Å². The third kappa shape index (κ3) is 3.18.